The van der Waals surface area contributed by atoms with E-state index in [0.29, 0.717) is 0 Å². The van der Waals surface area contributed by atoms with Crippen molar-refractivity contribution in [3.63, 3.8) is 0 Å². The average molecular weight is 247 g/mol. The average Bonchev–Trinajstić information content (AvgIpc) is 2.84. The van der Waals surface area contributed by atoms with Gasteiger partial charge in [0.15, 0.2) is 0 Å². The van der Waals surface area contributed by atoms with E-state index in [0.717, 1.165) is 38.6 Å². The molecular formula is C11H13N5S. The molecule has 3 heterocycles. The van der Waals surface area contributed by atoms with Crippen molar-refractivity contribution in [2.45, 2.75) is 20.8 Å². The fourth-order valence-electron chi connectivity index (χ4n) is 2.00. The summed E-state index contributed by atoms with van der Waals surface area (Å²) < 4.78 is 2.03. The van der Waals surface area contributed by atoms with E-state index in [1.54, 1.807) is 0 Å². The van der Waals surface area contributed by atoms with Crippen molar-refractivity contribution in [2.24, 2.45) is 0 Å². The molecule has 0 spiro atoms. The van der Waals surface area contributed by atoms with E-state index in [1.165, 1.54) is 11.3 Å². The lowest BCUT2D eigenvalue weighted by atomic mass is 10.3. The smallest absolute Gasteiger partial charge is 0.212 e. The normalized spacial score (nSPS) is 11.5. The molecule has 0 saturated heterocycles. The highest BCUT2D eigenvalue weighted by atomic mass is 32.1. The zero-order chi connectivity index (χ0) is 12.2. The van der Waals surface area contributed by atoms with Crippen molar-refractivity contribution in [2.75, 3.05) is 5.73 Å². The van der Waals surface area contributed by atoms with Crippen LogP contribution in [0.2, 0.25) is 0 Å². The summed E-state index contributed by atoms with van der Waals surface area (Å²) in [6.07, 6.45) is 2.02. The summed E-state index contributed by atoms with van der Waals surface area (Å²) >= 11 is 1.50. The topological polar surface area (TPSA) is 72.0 Å². The second kappa shape index (κ2) is 3.33. The van der Waals surface area contributed by atoms with Gasteiger partial charge in [-0.05, 0) is 20.8 Å². The third kappa shape index (κ3) is 1.44. The molecule has 88 valence electrons. The molecule has 0 fully saturated rings. The molecule has 3 aromatic rings. The summed E-state index contributed by atoms with van der Waals surface area (Å²) in [5, 5.41) is 1.69. The number of hydrogen-bond donors (Lipinski definition) is 2. The monoisotopic (exact) mass is 247 g/mol. The number of fused-ring (bicyclic) bond motifs is 1. The molecule has 0 unspecified atom stereocenters. The lowest BCUT2D eigenvalue weighted by molar-refractivity contribution is 1.12. The number of hydrogen-bond acceptors (Lipinski definition) is 4. The Morgan fingerprint density at radius 3 is 2.59 bits per heavy atom. The molecule has 3 N–H and O–H groups in total. The van der Waals surface area contributed by atoms with Gasteiger partial charge in [-0.2, -0.15) is 0 Å². The van der Waals surface area contributed by atoms with E-state index < -0.39 is 0 Å². The molecule has 0 bridgehead atoms. The molecule has 6 heteroatoms. The van der Waals surface area contributed by atoms with E-state index >= 15 is 0 Å². The molecule has 3 rings (SSSR count). The van der Waals surface area contributed by atoms with E-state index in [4.69, 9.17) is 5.73 Å². The third-order valence-electron chi connectivity index (χ3n) is 2.77. The van der Waals surface area contributed by atoms with Crippen molar-refractivity contribution in [3.8, 4) is 11.4 Å². The first-order valence-corrected chi connectivity index (χ1v) is 6.15. The predicted molar refractivity (Wildman–Crippen MR) is 69.3 cm³/mol. The second-order valence-electron chi connectivity index (χ2n) is 4.12. The zero-order valence-corrected chi connectivity index (χ0v) is 10.7. The summed E-state index contributed by atoms with van der Waals surface area (Å²) in [5.74, 6) is 0.833. The Balaban J connectivity index is 2.27. The van der Waals surface area contributed by atoms with Crippen LogP contribution >= 0.6 is 11.3 Å². The van der Waals surface area contributed by atoms with Crippen LogP contribution in [0.15, 0.2) is 6.20 Å². The maximum Gasteiger partial charge on any atom is 0.212 e. The SMILES string of the molecule is Cc1cn2c(C)c(-c3nc(C)sc3N)nc2[nH]1. The predicted octanol–water partition coefficient (Wildman–Crippen LogP) is 2.29. The minimum Gasteiger partial charge on any atom is -0.389 e. The fraction of sp³-hybridized carbons (Fsp3) is 0.273. The van der Waals surface area contributed by atoms with E-state index in [1.807, 2.05) is 31.4 Å². The molecule has 0 aliphatic rings. The number of H-pyrrole nitrogens is 1. The molecule has 0 aliphatic heterocycles. The Kier molecular flexibility index (Phi) is 2.03. The number of nitrogen functional groups attached to an aromatic ring is 1. The fourth-order valence-corrected chi connectivity index (χ4v) is 2.69. The highest BCUT2D eigenvalue weighted by Gasteiger charge is 2.17. The molecule has 0 aliphatic carbocycles. The number of nitrogens with one attached hydrogen (secondary N) is 1. The molecule has 0 aromatic carbocycles. The highest BCUT2D eigenvalue weighted by Crippen LogP contribution is 2.31. The minimum atomic E-state index is 0.725. The molecule has 0 saturated carbocycles. The van der Waals surface area contributed by atoms with Crippen molar-refractivity contribution in [3.05, 3.63) is 22.6 Å². The maximum absolute atomic E-state index is 5.96. The zero-order valence-electron chi connectivity index (χ0n) is 9.90. The third-order valence-corrected chi connectivity index (χ3v) is 3.57. The van der Waals surface area contributed by atoms with Gasteiger partial charge in [0.05, 0.1) is 10.7 Å². The Hall–Kier alpha value is -1.82. The number of imidazole rings is 2. The number of nitrogens with zero attached hydrogens (tertiary/aromatic N) is 3. The van der Waals surface area contributed by atoms with Crippen molar-refractivity contribution >= 4 is 22.1 Å². The van der Waals surface area contributed by atoms with Crippen LogP contribution in [0, 0.1) is 20.8 Å². The standard InChI is InChI=1S/C11H13N5S/c1-5-4-16-6(2)8(15-11(16)13-5)9-10(12)17-7(3)14-9/h4H,12H2,1-3H3,(H,13,15). The summed E-state index contributed by atoms with van der Waals surface area (Å²) in [5.41, 5.74) is 9.75. The number of aryl methyl sites for hydroxylation is 3. The summed E-state index contributed by atoms with van der Waals surface area (Å²) in [6.45, 7) is 5.98. The molecule has 3 aromatic heterocycles. The van der Waals surface area contributed by atoms with Crippen molar-refractivity contribution < 1.29 is 0 Å². The van der Waals surface area contributed by atoms with Gasteiger partial charge in [-0.15, -0.1) is 11.3 Å². The van der Waals surface area contributed by atoms with Crippen LogP contribution in [-0.4, -0.2) is 19.4 Å². The largest absolute Gasteiger partial charge is 0.389 e. The van der Waals surface area contributed by atoms with Crippen molar-refractivity contribution in [1.82, 2.24) is 19.4 Å². The second-order valence-corrected chi connectivity index (χ2v) is 5.36. The first-order chi connectivity index (χ1) is 8.06. The summed E-state index contributed by atoms with van der Waals surface area (Å²) in [4.78, 5) is 12.2. The van der Waals surface area contributed by atoms with Gasteiger partial charge in [0.2, 0.25) is 5.78 Å². The van der Waals surface area contributed by atoms with Crippen LogP contribution in [0.25, 0.3) is 17.2 Å². The van der Waals surface area contributed by atoms with Crippen LogP contribution < -0.4 is 5.73 Å². The number of aromatic amines is 1. The van der Waals surface area contributed by atoms with Crippen molar-refractivity contribution in [1.29, 1.82) is 0 Å². The molecular weight excluding hydrogens is 234 g/mol. The van der Waals surface area contributed by atoms with Crippen LogP contribution in [0.1, 0.15) is 16.4 Å². The number of nitrogens with two attached hydrogens (primary N) is 1. The first kappa shape index (κ1) is 10.3. The molecule has 5 nitrogen and oxygen atoms in total. The summed E-state index contributed by atoms with van der Waals surface area (Å²) in [6, 6.07) is 0. The van der Waals surface area contributed by atoms with Gasteiger partial charge in [-0.1, -0.05) is 0 Å². The first-order valence-electron chi connectivity index (χ1n) is 5.34. The molecule has 17 heavy (non-hydrogen) atoms. The number of anilines is 1. The molecule has 0 atom stereocenters. The van der Waals surface area contributed by atoms with Gasteiger partial charge in [-0.25, -0.2) is 9.97 Å². The number of aromatic nitrogens is 4. The Morgan fingerprint density at radius 1 is 1.24 bits per heavy atom. The maximum atomic E-state index is 5.96. The number of rotatable bonds is 1. The van der Waals surface area contributed by atoms with Crippen LogP contribution in [0.4, 0.5) is 5.00 Å². The molecule has 0 amide bonds. The van der Waals surface area contributed by atoms with Gasteiger partial charge in [0.25, 0.3) is 0 Å². The number of thiazole rings is 1. The Bertz CT molecular complexity index is 703. The van der Waals surface area contributed by atoms with E-state index in [-0.39, 0.29) is 0 Å². The quantitative estimate of drug-likeness (QED) is 0.693. The lowest BCUT2D eigenvalue weighted by Crippen LogP contribution is -1.89. The van der Waals surface area contributed by atoms with Crippen LogP contribution in [0.5, 0.6) is 0 Å². The summed E-state index contributed by atoms with van der Waals surface area (Å²) in [7, 11) is 0. The Labute approximate surface area is 102 Å². The van der Waals surface area contributed by atoms with Crippen LogP contribution in [0.3, 0.4) is 0 Å². The van der Waals surface area contributed by atoms with Gasteiger partial charge < -0.3 is 10.7 Å². The minimum absolute atomic E-state index is 0.725. The van der Waals surface area contributed by atoms with Gasteiger partial charge in [-0.3, -0.25) is 4.40 Å². The van der Waals surface area contributed by atoms with Crippen LogP contribution in [-0.2, 0) is 0 Å². The van der Waals surface area contributed by atoms with E-state index in [9.17, 15) is 0 Å². The highest BCUT2D eigenvalue weighted by molar-refractivity contribution is 7.16. The van der Waals surface area contributed by atoms with E-state index in [2.05, 4.69) is 15.0 Å². The van der Waals surface area contributed by atoms with Gasteiger partial charge in [0, 0.05) is 11.9 Å². The molecule has 0 radical (unpaired) electrons. The van der Waals surface area contributed by atoms with Gasteiger partial charge >= 0.3 is 0 Å². The van der Waals surface area contributed by atoms with Gasteiger partial charge in [0.1, 0.15) is 16.4 Å². The Morgan fingerprint density at radius 2 is 2.00 bits per heavy atom. The lowest BCUT2D eigenvalue weighted by Gasteiger charge is -1.95.